The maximum absolute atomic E-state index is 9.57. The molecule has 0 fully saturated rings. The van der Waals surface area contributed by atoms with Crippen LogP contribution in [0.15, 0.2) is 24.5 Å². The molecule has 3 heteroatoms. The van der Waals surface area contributed by atoms with E-state index in [9.17, 15) is 5.11 Å². The summed E-state index contributed by atoms with van der Waals surface area (Å²) in [6.45, 7) is 2.59. The van der Waals surface area contributed by atoms with Crippen LogP contribution < -0.4 is 0 Å². The van der Waals surface area contributed by atoms with Gasteiger partial charge in [0, 0.05) is 18.9 Å². The van der Waals surface area contributed by atoms with Gasteiger partial charge in [-0.3, -0.25) is 0 Å². The summed E-state index contributed by atoms with van der Waals surface area (Å²) >= 11 is 0. The van der Waals surface area contributed by atoms with Gasteiger partial charge in [-0.25, -0.2) is 0 Å². The molecule has 1 rings (SSSR count). The van der Waals surface area contributed by atoms with Gasteiger partial charge in [0.1, 0.15) is 0 Å². The predicted molar refractivity (Wildman–Crippen MR) is 56.0 cm³/mol. The van der Waals surface area contributed by atoms with Crippen LogP contribution in [-0.4, -0.2) is 27.0 Å². The molecule has 3 nitrogen and oxygen atoms in total. The number of aliphatic hydroxyl groups excluding tert-OH is 2. The SMILES string of the molecule is CC(O)CCC(O)CCn1cccc1. The van der Waals surface area contributed by atoms with E-state index in [1.165, 1.54) is 0 Å². The van der Waals surface area contributed by atoms with Crippen LogP contribution in [0.25, 0.3) is 0 Å². The Morgan fingerprint density at radius 1 is 1.07 bits per heavy atom. The molecule has 1 heterocycles. The highest BCUT2D eigenvalue weighted by molar-refractivity contribution is 4.90. The summed E-state index contributed by atoms with van der Waals surface area (Å²) in [4.78, 5) is 0. The lowest BCUT2D eigenvalue weighted by atomic mass is 10.1. The molecule has 80 valence electrons. The Bertz CT molecular complexity index is 231. The zero-order valence-electron chi connectivity index (χ0n) is 8.63. The normalized spacial score (nSPS) is 15.4. The molecule has 0 saturated carbocycles. The van der Waals surface area contributed by atoms with Crippen molar-refractivity contribution < 1.29 is 10.2 Å². The van der Waals surface area contributed by atoms with Crippen molar-refractivity contribution in [2.75, 3.05) is 0 Å². The lowest BCUT2D eigenvalue weighted by molar-refractivity contribution is 0.113. The predicted octanol–water partition coefficient (Wildman–Crippen LogP) is 1.40. The van der Waals surface area contributed by atoms with E-state index in [2.05, 4.69) is 0 Å². The first-order valence-electron chi connectivity index (χ1n) is 5.15. The molecule has 0 aliphatic heterocycles. The Balaban J connectivity index is 2.12. The van der Waals surface area contributed by atoms with E-state index in [0.717, 1.165) is 13.0 Å². The summed E-state index contributed by atoms with van der Waals surface area (Å²) in [5.41, 5.74) is 0. The molecule has 2 atom stereocenters. The maximum atomic E-state index is 9.57. The number of nitrogens with zero attached hydrogens (tertiary/aromatic N) is 1. The van der Waals surface area contributed by atoms with Crippen LogP contribution in [0.2, 0.25) is 0 Å². The minimum Gasteiger partial charge on any atom is -0.393 e. The number of aryl methyl sites for hydroxylation is 1. The molecule has 14 heavy (non-hydrogen) atoms. The summed E-state index contributed by atoms with van der Waals surface area (Å²) < 4.78 is 2.05. The first-order chi connectivity index (χ1) is 6.68. The van der Waals surface area contributed by atoms with Gasteiger partial charge >= 0.3 is 0 Å². The molecule has 2 unspecified atom stereocenters. The molecular formula is C11H19NO2. The fourth-order valence-corrected chi connectivity index (χ4v) is 1.40. The van der Waals surface area contributed by atoms with Crippen molar-refractivity contribution in [3.05, 3.63) is 24.5 Å². The van der Waals surface area contributed by atoms with Crippen LogP contribution in [0.1, 0.15) is 26.2 Å². The van der Waals surface area contributed by atoms with Crippen molar-refractivity contribution in [3.8, 4) is 0 Å². The lowest BCUT2D eigenvalue weighted by Crippen LogP contribution is -2.13. The van der Waals surface area contributed by atoms with E-state index < -0.39 is 0 Å². The first-order valence-corrected chi connectivity index (χ1v) is 5.15. The number of rotatable bonds is 6. The highest BCUT2D eigenvalue weighted by Crippen LogP contribution is 2.06. The standard InChI is InChI=1S/C11H19NO2/c1-10(13)4-5-11(14)6-9-12-7-2-3-8-12/h2-3,7-8,10-11,13-14H,4-6,9H2,1H3. The van der Waals surface area contributed by atoms with Crippen LogP contribution in [-0.2, 0) is 6.54 Å². The van der Waals surface area contributed by atoms with E-state index in [4.69, 9.17) is 5.11 Å². The third-order valence-electron chi connectivity index (χ3n) is 2.30. The highest BCUT2D eigenvalue weighted by Gasteiger charge is 2.05. The quantitative estimate of drug-likeness (QED) is 0.724. The van der Waals surface area contributed by atoms with Crippen LogP contribution >= 0.6 is 0 Å². The van der Waals surface area contributed by atoms with Crippen molar-refractivity contribution in [3.63, 3.8) is 0 Å². The number of hydrogen-bond donors (Lipinski definition) is 2. The Hall–Kier alpha value is -0.800. The van der Waals surface area contributed by atoms with Crippen LogP contribution in [0.3, 0.4) is 0 Å². The average Bonchev–Trinajstić information content (AvgIpc) is 2.63. The van der Waals surface area contributed by atoms with Crippen LogP contribution in [0.4, 0.5) is 0 Å². The second-order valence-electron chi connectivity index (χ2n) is 3.79. The molecule has 1 aromatic rings. The first kappa shape index (κ1) is 11.3. The van der Waals surface area contributed by atoms with Gasteiger partial charge in [0.25, 0.3) is 0 Å². The van der Waals surface area contributed by atoms with E-state index in [-0.39, 0.29) is 12.2 Å². The molecule has 0 amide bonds. The third-order valence-corrected chi connectivity index (χ3v) is 2.30. The third kappa shape index (κ3) is 4.44. The zero-order chi connectivity index (χ0) is 10.4. The van der Waals surface area contributed by atoms with Crippen molar-refractivity contribution in [2.24, 2.45) is 0 Å². The maximum Gasteiger partial charge on any atom is 0.0558 e. The van der Waals surface area contributed by atoms with Crippen molar-refractivity contribution in [2.45, 2.75) is 44.9 Å². The molecule has 0 aliphatic carbocycles. The second kappa shape index (κ2) is 5.83. The molecule has 1 aromatic heterocycles. The highest BCUT2D eigenvalue weighted by atomic mass is 16.3. The second-order valence-corrected chi connectivity index (χ2v) is 3.79. The van der Waals surface area contributed by atoms with Crippen molar-refractivity contribution >= 4 is 0 Å². The molecular weight excluding hydrogens is 178 g/mol. The molecule has 2 N–H and O–H groups in total. The van der Waals surface area contributed by atoms with Gasteiger partial charge in [-0.05, 0) is 38.3 Å². The summed E-state index contributed by atoms with van der Waals surface area (Å²) in [5, 5.41) is 18.6. The molecule has 0 aromatic carbocycles. The molecule has 0 radical (unpaired) electrons. The van der Waals surface area contributed by atoms with Gasteiger partial charge in [0.05, 0.1) is 12.2 Å². The summed E-state index contributed by atoms with van der Waals surface area (Å²) in [6.07, 6.45) is 5.47. The zero-order valence-corrected chi connectivity index (χ0v) is 8.63. The average molecular weight is 197 g/mol. The van der Waals surface area contributed by atoms with Gasteiger partial charge in [0.2, 0.25) is 0 Å². The largest absolute Gasteiger partial charge is 0.393 e. The fraction of sp³-hybridized carbons (Fsp3) is 0.636. The Labute approximate surface area is 85.0 Å². The summed E-state index contributed by atoms with van der Waals surface area (Å²) in [5.74, 6) is 0. The topological polar surface area (TPSA) is 45.4 Å². The fourth-order valence-electron chi connectivity index (χ4n) is 1.40. The summed E-state index contributed by atoms with van der Waals surface area (Å²) in [6, 6.07) is 3.95. The van der Waals surface area contributed by atoms with Gasteiger partial charge in [-0.1, -0.05) is 0 Å². The number of aliphatic hydroxyl groups is 2. The minimum atomic E-state index is -0.309. The van der Waals surface area contributed by atoms with Crippen LogP contribution in [0.5, 0.6) is 0 Å². The van der Waals surface area contributed by atoms with Gasteiger partial charge in [-0.15, -0.1) is 0 Å². The summed E-state index contributed by atoms with van der Waals surface area (Å²) in [7, 11) is 0. The van der Waals surface area contributed by atoms with Crippen LogP contribution in [0, 0.1) is 0 Å². The molecule has 0 aliphatic rings. The van der Waals surface area contributed by atoms with Gasteiger partial charge < -0.3 is 14.8 Å². The minimum absolute atomic E-state index is 0.299. The molecule has 0 bridgehead atoms. The smallest absolute Gasteiger partial charge is 0.0558 e. The molecule has 0 saturated heterocycles. The molecule has 0 spiro atoms. The lowest BCUT2D eigenvalue weighted by Gasteiger charge is -2.11. The number of aromatic nitrogens is 1. The van der Waals surface area contributed by atoms with E-state index in [0.29, 0.717) is 12.8 Å². The number of hydrogen-bond acceptors (Lipinski definition) is 2. The van der Waals surface area contributed by atoms with E-state index >= 15 is 0 Å². The van der Waals surface area contributed by atoms with Crippen molar-refractivity contribution in [1.29, 1.82) is 0 Å². The van der Waals surface area contributed by atoms with Crippen molar-refractivity contribution in [1.82, 2.24) is 4.57 Å². The van der Waals surface area contributed by atoms with Gasteiger partial charge in [-0.2, -0.15) is 0 Å². The van der Waals surface area contributed by atoms with Gasteiger partial charge in [0.15, 0.2) is 0 Å². The Morgan fingerprint density at radius 3 is 2.29 bits per heavy atom. The van der Waals surface area contributed by atoms with E-state index in [1.54, 1.807) is 6.92 Å². The van der Waals surface area contributed by atoms with E-state index in [1.807, 2.05) is 29.1 Å². The Morgan fingerprint density at radius 2 is 1.71 bits per heavy atom. The monoisotopic (exact) mass is 197 g/mol. The Kier molecular flexibility index (Phi) is 4.70.